The van der Waals surface area contributed by atoms with Crippen LogP contribution in [0.25, 0.3) is 11.1 Å². The van der Waals surface area contributed by atoms with Crippen LogP contribution >= 0.6 is 0 Å². The fraction of sp³-hybridized carbons (Fsp3) is 0.412. The lowest BCUT2D eigenvalue weighted by Gasteiger charge is -2.15. The third kappa shape index (κ3) is 2.98. The number of carboxylic acid groups (broad SMARTS) is 1. The number of methoxy groups -OCH3 is 1. The Bertz CT molecular complexity index is 704. The van der Waals surface area contributed by atoms with Gasteiger partial charge in [0.1, 0.15) is 5.75 Å². The highest BCUT2D eigenvalue weighted by atomic mass is 16.5. The Morgan fingerprint density at radius 1 is 1.41 bits per heavy atom. The number of rotatable bonds is 5. The van der Waals surface area contributed by atoms with Crippen molar-refractivity contribution >= 4 is 5.97 Å². The van der Waals surface area contributed by atoms with Gasteiger partial charge >= 0.3 is 5.97 Å². The highest BCUT2D eigenvalue weighted by Crippen LogP contribution is 2.36. The molecule has 1 aromatic carbocycles. The van der Waals surface area contributed by atoms with Crippen molar-refractivity contribution in [1.29, 1.82) is 0 Å². The molecule has 0 aliphatic rings. The number of carbonyl (C=O) groups is 1. The monoisotopic (exact) mass is 302 g/mol. The lowest BCUT2D eigenvalue weighted by molar-refractivity contribution is -0.137. The third-order valence-electron chi connectivity index (χ3n) is 4.05. The van der Waals surface area contributed by atoms with Gasteiger partial charge in [-0.25, -0.2) is 0 Å². The van der Waals surface area contributed by atoms with E-state index >= 15 is 0 Å². The van der Waals surface area contributed by atoms with Gasteiger partial charge in [-0.2, -0.15) is 5.10 Å². The summed E-state index contributed by atoms with van der Waals surface area (Å²) < 4.78 is 7.33. The Labute approximate surface area is 130 Å². The summed E-state index contributed by atoms with van der Waals surface area (Å²) in [6.45, 7) is 5.90. The molecular weight excluding hydrogens is 280 g/mol. The molecule has 2 aromatic rings. The van der Waals surface area contributed by atoms with Gasteiger partial charge in [-0.15, -0.1) is 0 Å². The summed E-state index contributed by atoms with van der Waals surface area (Å²) in [6, 6.07) is 5.84. The van der Waals surface area contributed by atoms with E-state index < -0.39 is 5.97 Å². The van der Waals surface area contributed by atoms with E-state index in [1.807, 2.05) is 50.7 Å². The van der Waals surface area contributed by atoms with Crippen LogP contribution in [0, 0.1) is 13.8 Å². The number of carboxylic acids is 1. The van der Waals surface area contributed by atoms with Gasteiger partial charge in [0.05, 0.1) is 19.2 Å². The number of nitrogens with zero attached hydrogens (tertiary/aromatic N) is 2. The smallest absolute Gasteiger partial charge is 0.303 e. The normalized spacial score (nSPS) is 12.2. The van der Waals surface area contributed by atoms with E-state index in [-0.39, 0.29) is 12.3 Å². The second kappa shape index (κ2) is 6.22. The summed E-state index contributed by atoms with van der Waals surface area (Å²) in [4.78, 5) is 10.9. The molecule has 0 saturated heterocycles. The minimum Gasteiger partial charge on any atom is -0.496 e. The summed E-state index contributed by atoms with van der Waals surface area (Å²) >= 11 is 0. The highest BCUT2D eigenvalue weighted by molar-refractivity contribution is 5.75. The van der Waals surface area contributed by atoms with Crippen molar-refractivity contribution in [2.45, 2.75) is 33.1 Å². The molecular formula is C17H22N2O3. The van der Waals surface area contributed by atoms with Crippen LogP contribution in [0.15, 0.2) is 18.2 Å². The lowest BCUT2D eigenvalue weighted by atomic mass is 9.93. The Morgan fingerprint density at radius 3 is 2.59 bits per heavy atom. The summed E-state index contributed by atoms with van der Waals surface area (Å²) in [7, 11) is 3.55. The second-order valence-electron chi connectivity index (χ2n) is 5.63. The van der Waals surface area contributed by atoms with Crippen LogP contribution in [0.3, 0.4) is 0 Å². The summed E-state index contributed by atoms with van der Waals surface area (Å²) in [5.41, 5.74) is 4.98. The van der Waals surface area contributed by atoms with Crippen molar-refractivity contribution in [3.63, 3.8) is 0 Å². The van der Waals surface area contributed by atoms with E-state index in [4.69, 9.17) is 9.84 Å². The summed E-state index contributed by atoms with van der Waals surface area (Å²) in [5.74, 6) is -0.0801. The van der Waals surface area contributed by atoms with Crippen molar-refractivity contribution in [2.24, 2.45) is 7.05 Å². The van der Waals surface area contributed by atoms with Crippen LogP contribution < -0.4 is 4.74 Å². The van der Waals surface area contributed by atoms with Crippen LogP contribution in [0.1, 0.15) is 36.2 Å². The van der Waals surface area contributed by atoms with Gasteiger partial charge in [-0.3, -0.25) is 9.48 Å². The van der Waals surface area contributed by atoms with Gasteiger partial charge in [0.2, 0.25) is 0 Å². The van der Waals surface area contributed by atoms with Crippen molar-refractivity contribution in [3.8, 4) is 16.9 Å². The molecule has 1 heterocycles. The first kappa shape index (κ1) is 16.1. The van der Waals surface area contributed by atoms with Gasteiger partial charge in [0.25, 0.3) is 0 Å². The van der Waals surface area contributed by atoms with Crippen LogP contribution in [-0.2, 0) is 11.8 Å². The largest absolute Gasteiger partial charge is 0.496 e. The molecule has 0 spiro atoms. The molecule has 0 saturated carbocycles. The zero-order chi connectivity index (χ0) is 16.4. The number of ether oxygens (including phenoxy) is 1. The van der Waals surface area contributed by atoms with Gasteiger partial charge in [-0.05, 0) is 37.5 Å². The topological polar surface area (TPSA) is 64.3 Å². The standard InChI is InChI=1S/C17H22N2O3/c1-10(8-16(20)21)13-6-7-15(22-5)14(9-13)17-11(2)18-19(4)12(17)3/h6-7,9-10H,8H2,1-5H3,(H,20,21). The van der Waals surface area contributed by atoms with E-state index in [1.165, 1.54) is 0 Å². The number of hydrogen-bond donors (Lipinski definition) is 1. The van der Waals surface area contributed by atoms with Crippen LogP contribution in [-0.4, -0.2) is 28.0 Å². The maximum Gasteiger partial charge on any atom is 0.303 e. The average Bonchev–Trinajstić information content (AvgIpc) is 2.70. The molecule has 5 heteroatoms. The highest BCUT2D eigenvalue weighted by Gasteiger charge is 2.18. The minimum atomic E-state index is -0.793. The quantitative estimate of drug-likeness (QED) is 0.920. The number of benzene rings is 1. The maximum absolute atomic E-state index is 10.9. The number of aliphatic carboxylic acids is 1. The molecule has 1 atom stereocenters. The van der Waals surface area contributed by atoms with Crippen LogP contribution in [0.2, 0.25) is 0 Å². The molecule has 0 fully saturated rings. The fourth-order valence-corrected chi connectivity index (χ4v) is 2.77. The molecule has 5 nitrogen and oxygen atoms in total. The van der Waals surface area contributed by atoms with Crippen LogP contribution in [0.4, 0.5) is 0 Å². The van der Waals surface area contributed by atoms with E-state index in [0.717, 1.165) is 33.8 Å². The Kier molecular flexibility index (Phi) is 4.54. The predicted molar refractivity (Wildman–Crippen MR) is 85.3 cm³/mol. The van der Waals surface area contributed by atoms with Crippen molar-refractivity contribution < 1.29 is 14.6 Å². The molecule has 1 aromatic heterocycles. The molecule has 0 aliphatic heterocycles. The molecule has 1 N–H and O–H groups in total. The molecule has 0 aliphatic carbocycles. The van der Waals surface area contributed by atoms with E-state index in [9.17, 15) is 4.79 Å². The van der Waals surface area contributed by atoms with Crippen molar-refractivity contribution in [3.05, 3.63) is 35.2 Å². The van der Waals surface area contributed by atoms with Crippen LogP contribution in [0.5, 0.6) is 5.75 Å². The van der Waals surface area contributed by atoms with Gasteiger partial charge in [-0.1, -0.05) is 13.0 Å². The van der Waals surface area contributed by atoms with E-state index in [1.54, 1.807) is 7.11 Å². The molecule has 1 unspecified atom stereocenters. The summed E-state index contributed by atoms with van der Waals surface area (Å²) in [6.07, 6.45) is 0.108. The zero-order valence-electron chi connectivity index (χ0n) is 13.7. The zero-order valence-corrected chi connectivity index (χ0v) is 13.7. The predicted octanol–water partition coefficient (Wildman–Crippen LogP) is 3.29. The third-order valence-corrected chi connectivity index (χ3v) is 4.05. The first-order valence-corrected chi connectivity index (χ1v) is 7.25. The first-order chi connectivity index (χ1) is 10.3. The Balaban J connectivity index is 2.56. The first-order valence-electron chi connectivity index (χ1n) is 7.25. The molecule has 0 radical (unpaired) electrons. The molecule has 22 heavy (non-hydrogen) atoms. The van der Waals surface area contributed by atoms with Crippen molar-refractivity contribution in [1.82, 2.24) is 9.78 Å². The SMILES string of the molecule is COc1ccc(C(C)CC(=O)O)cc1-c1c(C)nn(C)c1C. The molecule has 118 valence electrons. The molecule has 0 amide bonds. The lowest BCUT2D eigenvalue weighted by Crippen LogP contribution is -2.03. The van der Waals surface area contributed by atoms with Gasteiger partial charge in [0.15, 0.2) is 0 Å². The maximum atomic E-state index is 10.9. The number of aromatic nitrogens is 2. The number of aryl methyl sites for hydroxylation is 2. The summed E-state index contributed by atoms with van der Waals surface area (Å²) in [5, 5.41) is 13.4. The minimum absolute atomic E-state index is 0.0561. The van der Waals surface area contributed by atoms with Gasteiger partial charge in [0, 0.05) is 23.9 Å². The Morgan fingerprint density at radius 2 is 2.09 bits per heavy atom. The van der Waals surface area contributed by atoms with E-state index in [0.29, 0.717) is 0 Å². The van der Waals surface area contributed by atoms with E-state index in [2.05, 4.69) is 5.10 Å². The average molecular weight is 302 g/mol. The second-order valence-corrected chi connectivity index (χ2v) is 5.63. The fourth-order valence-electron chi connectivity index (χ4n) is 2.77. The van der Waals surface area contributed by atoms with Crippen molar-refractivity contribution in [2.75, 3.05) is 7.11 Å². The Hall–Kier alpha value is -2.30. The molecule has 0 bridgehead atoms. The molecule has 2 rings (SSSR count). The number of hydrogen-bond acceptors (Lipinski definition) is 3. The van der Waals surface area contributed by atoms with Gasteiger partial charge < -0.3 is 9.84 Å².